The van der Waals surface area contributed by atoms with E-state index >= 15 is 0 Å². The Bertz CT molecular complexity index is 625. The molecule has 0 amide bonds. The van der Waals surface area contributed by atoms with Crippen molar-refractivity contribution in [1.29, 1.82) is 0 Å². The summed E-state index contributed by atoms with van der Waals surface area (Å²) in [6, 6.07) is 8.16. The Labute approximate surface area is 111 Å². The van der Waals surface area contributed by atoms with Crippen molar-refractivity contribution >= 4 is 16.9 Å². The van der Waals surface area contributed by atoms with E-state index in [0.29, 0.717) is 19.6 Å². The third kappa shape index (κ3) is 1.92. The Morgan fingerprint density at radius 1 is 1.42 bits per heavy atom. The molecule has 1 fully saturated rings. The number of carboxylic acid groups (broad SMARTS) is 1. The normalized spacial score (nSPS) is 17.3. The standard InChI is InChI=1S/C15H17NO3/c1-10-14(11-4-2-3-5-12(11)16-10)15(8-19-9-15)7-6-13(17)18/h2-5,16H,6-9H2,1H3,(H,17,18). The fourth-order valence-corrected chi connectivity index (χ4v) is 3.07. The first-order chi connectivity index (χ1) is 9.12. The van der Waals surface area contributed by atoms with Gasteiger partial charge >= 0.3 is 5.97 Å². The number of aryl methyl sites for hydroxylation is 1. The molecule has 1 saturated heterocycles. The van der Waals surface area contributed by atoms with Crippen LogP contribution in [0.1, 0.15) is 24.1 Å². The summed E-state index contributed by atoms with van der Waals surface area (Å²) in [4.78, 5) is 14.2. The van der Waals surface area contributed by atoms with Crippen LogP contribution in [0.2, 0.25) is 0 Å². The van der Waals surface area contributed by atoms with Gasteiger partial charge in [0, 0.05) is 28.4 Å². The Hall–Kier alpha value is -1.81. The van der Waals surface area contributed by atoms with Crippen LogP contribution in [-0.4, -0.2) is 29.3 Å². The maximum absolute atomic E-state index is 10.9. The molecule has 0 bridgehead atoms. The first kappa shape index (κ1) is 12.2. The molecule has 0 atom stereocenters. The number of ether oxygens (including phenoxy) is 1. The first-order valence-electron chi connectivity index (χ1n) is 6.50. The van der Waals surface area contributed by atoms with Crippen molar-refractivity contribution in [2.75, 3.05) is 13.2 Å². The molecule has 19 heavy (non-hydrogen) atoms. The van der Waals surface area contributed by atoms with E-state index in [0.717, 1.165) is 11.2 Å². The summed E-state index contributed by atoms with van der Waals surface area (Å²) in [6.07, 6.45) is 0.813. The summed E-state index contributed by atoms with van der Waals surface area (Å²) in [7, 11) is 0. The highest BCUT2D eigenvalue weighted by Gasteiger charge is 2.43. The number of aromatic nitrogens is 1. The van der Waals surface area contributed by atoms with E-state index in [9.17, 15) is 4.79 Å². The van der Waals surface area contributed by atoms with Gasteiger partial charge in [0.05, 0.1) is 13.2 Å². The monoisotopic (exact) mass is 259 g/mol. The van der Waals surface area contributed by atoms with Crippen LogP contribution in [0.5, 0.6) is 0 Å². The molecule has 1 aromatic heterocycles. The number of aliphatic carboxylic acids is 1. The molecule has 2 N–H and O–H groups in total. The second kappa shape index (κ2) is 4.38. The van der Waals surface area contributed by atoms with E-state index in [1.54, 1.807) is 0 Å². The van der Waals surface area contributed by atoms with E-state index in [1.165, 1.54) is 10.9 Å². The lowest BCUT2D eigenvalue weighted by Gasteiger charge is -2.42. The summed E-state index contributed by atoms with van der Waals surface area (Å²) in [5.74, 6) is -0.747. The van der Waals surface area contributed by atoms with Crippen LogP contribution in [-0.2, 0) is 14.9 Å². The number of aromatic amines is 1. The van der Waals surface area contributed by atoms with Gasteiger partial charge in [-0.25, -0.2) is 0 Å². The molecule has 100 valence electrons. The van der Waals surface area contributed by atoms with Gasteiger partial charge in [-0.05, 0) is 25.0 Å². The van der Waals surface area contributed by atoms with Crippen molar-refractivity contribution < 1.29 is 14.6 Å². The summed E-state index contributed by atoms with van der Waals surface area (Å²) >= 11 is 0. The van der Waals surface area contributed by atoms with Crippen LogP contribution in [0.3, 0.4) is 0 Å². The lowest BCUT2D eigenvalue weighted by atomic mass is 9.73. The number of carboxylic acids is 1. The van der Waals surface area contributed by atoms with Crippen molar-refractivity contribution in [2.45, 2.75) is 25.2 Å². The summed E-state index contributed by atoms with van der Waals surface area (Å²) in [6.45, 7) is 3.28. The Kier molecular flexibility index (Phi) is 2.82. The highest BCUT2D eigenvalue weighted by Crippen LogP contribution is 2.42. The zero-order valence-electron chi connectivity index (χ0n) is 10.9. The number of hydrogen-bond donors (Lipinski definition) is 2. The zero-order chi connectivity index (χ0) is 13.5. The molecule has 2 aromatic rings. The Morgan fingerprint density at radius 3 is 2.79 bits per heavy atom. The molecule has 2 heterocycles. The van der Waals surface area contributed by atoms with Crippen molar-refractivity contribution in [3.05, 3.63) is 35.5 Å². The largest absolute Gasteiger partial charge is 0.481 e. The van der Waals surface area contributed by atoms with Crippen LogP contribution in [0, 0.1) is 6.92 Å². The maximum Gasteiger partial charge on any atom is 0.303 e. The number of hydrogen-bond acceptors (Lipinski definition) is 2. The first-order valence-corrected chi connectivity index (χ1v) is 6.50. The quantitative estimate of drug-likeness (QED) is 0.887. The van der Waals surface area contributed by atoms with E-state index < -0.39 is 5.97 Å². The van der Waals surface area contributed by atoms with E-state index in [-0.39, 0.29) is 11.8 Å². The lowest BCUT2D eigenvalue weighted by Crippen LogP contribution is -2.47. The average molecular weight is 259 g/mol. The van der Waals surface area contributed by atoms with Gasteiger partial charge in [0.15, 0.2) is 0 Å². The fourth-order valence-electron chi connectivity index (χ4n) is 3.07. The van der Waals surface area contributed by atoms with Crippen LogP contribution in [0.4, 0.5) is 0 Å². The maximum atomic E-state index is 10.9. The van der Waals surface area contributed by atoms with Gasteiger partial charge < -0.3 is 14.8 Å². The second-order valence-electron chi connectivity index (χ2n) is 5.34. The van der Waals surface area contributed by atoms with Crippen LogP contribution in [0.15, 0.2) is 24.3 Å². The van der Waals surface area contributed by atoms with Crippen molar-refractivity contribution in [1.82, 2.24) is 4.98 Å². The summed E-state index contributed by atoms with van der Waals surface area (Å²) in [5, 5.41) is 10.1. The molecule has 0 saturated carbocycles. The van der Waals surface area contributed by atoms with Crippen LogP contribution < -0.4 is 0 Å². The predicted octanol–water partition coefficient (Wildman–Crippen LogP) is 2.61. The minimum absolute atomic E-state index is 0.137. The summed E-state index contributed by atoms with van der Waals surface area (Å²) in [5.41, 5.74) is 3.32. The third-order valence-electron chi connectivity index (χ3n) is 4.00. The minimum atomic E-state index is -0.747. The number of H-pyrrole nitrogens is 1. The Balaban J connectivity index is 2.06. The predicted molar refractivity (Wildman–Crippen MR) is 72.4 cm³/mol. The van der Waals surface area contributed by atoms with Crippen molar-refractivity contribution in [2.24, 2.45) is 0 Å². The molecule has 0 aliphatic carbocycles. The zero-order valence-corrected chi connectivity index (χ0v) is 10.9. The highest BCUT2D eigenvalue weighted by molar-refractivity contribution is 5.86. The van der Waals surface area contributed by atoms with E-state index in [1.807, 2.05) is 12.1 Å². The molecule has 1 aromatic carbocycles. The highest BCUT2D eigenvalue weighted by atomic mass is 16.5. The molecule has 1 aliphatic rings. The van der Waals surface area contributed by atoms with Gasteiger partial charge in [-0.1, -0.05) is 18.2 Å². The SMILES string of the molecule is Cc1[nH]c2ccccc2c1C1(CCC(=O)O)COC1. The molecule has 4 nitrogen and oxygen atoms in total. The van der Waals surface area contributed by atoms with Gasteiger partial charge in [-0.15, -0.1) is 0 Å². The molecular weight excluding hydrogens is 242 g/mol. The van der Waals surface area contributed by atoms with E-state index in [2.05, 4.69) is 24.0 Å². The topological polar surface area (TPSA) is 62.3 Å². The molecule has 3 rings (SSSR count). The molecular formula is C15H17NO3. The number of para-hydroxylation sites is 1. The third-order valence-corrected chi connectivity index (χ3v) is 4.00. The Morgan fingerprint density at radius 2 is 2.16 bits per heavy atom. The van der Waals surface area contributed by atoms with E-state index in [4.69, 9.17) is 9.84 Å². The molecule has 0 radical (unpaired) electrons. The van der Waals surface area contributed by atoms with Gasteiger partial charge in [0.25, 0.3) is 0 Å². The van der Waals surface area contributed by atoms with Gasteiger partial charge in [0.2, 0.25) is 0 Å². The summed E-state index contributed by atoms with van der Waals surface area (Å²) < 4.78 is 5.39. The molecule has 0 unspecified atom stereocenters. The second-order valence-corrected chi connectivity index (χ2v) is 5.34. The number of nitrogens with one attached hydrogen (secondary N) is 1. The number of benzene rings is 1. The fraction of sp³-hybridized carbons (Fsp3) is 0.400. The van der Waals surface area contributed by atoms with Crippen LogP contribution in [0.25, 0.3) is 10.9 Å². The lowest BCUT2D eigenvalue weighted by molar-refractivity contribution is -0.139. The van der Waals surface area contributed by atoms with Crippen molar-refractivity contribution in [3.8, 4) is 0 Å². The number of fused-ring (bicyclic) bond motifs is 1. The minimum Gasteiger partial charge on any atom is -0.481 e. The molecule has 4 heteroatoms. The van der Waals surface area contributed by atoms with Gasteiger partial charge in [-0.3, -0.25) is 4.79 Å². The number of carbonyl (C=O) groups is 1. The molecule has 0 spiro atoms. The van der Waals surface area contributed by atoms with Crippen LogP contribution >= 0.6 is 0 Å². The molecule has 1 aliphatic heterocycles. The smallest absolute Gasteiger partial charge is 0.303 e. The average Bonchev–Trinajstić information content (AvgIpc) is 2.65. The number of rotatable bonds is 4. The van der Waals surface area contributed by atoms with Crippen molar-refractivity contribution in [3.63, 3.8) is 0 Å². The van der Waals surface area contributed by atoms with Gasteiger partial charge in [0.1, 0.15) is 0 Å². The van der Waals surface area contributed by atoms with Gasteiger partial charge in [-0.2, -0.15) is 0 Å².